The van der Waals surface area contributed by atoms with Crippen molar-refractivity contribution in [3.63, 3.8) is 0 Å². The van der Waals surface area contributed by atoms with Crippen molar-refractivity contribution < 1.29 is 33.0 Å². The second-order valence-corrected chi connectivity index (χ2v) is 8.55. The van der Waals surface area contributed by atoms with E-state index in [-0.39, 0.29) is 36.3 Å². The highest BCUT2D eigenvalue weighted by Crippen LogP contribution is 2.59. The van der Waals surface area contributed by atoms with Crippen molar-refractivity contribution in [1.82, 2.24) is 10.2 Å². The molecule has 0 radical (unpaired) electrons. The summed E-state index contributed by atoms with van der Waals surface area (Å²) in [5.74, 6) is -0.591. The molecule has 2 fully saturated rings. The molecule has 1 saturated heterocycles. The zero-order valence-corrected chi connectivity index (χ0v) is 19.1. The Morgan fingerprint density at radius 3 is 2.32 bits per heavy atom. The fourth-order valence-electron chi connectivity index (χ4n) is 4.59. The van der Waals surface area contributed by atoms with Gasteiger partial charge in [0.1, 0.15) is 23.4 Å². The fourth-order valence-corrected chi connectivity index (χ4v) is 4.59. The van der Waals surface area contributed by atoms with Crippen molar-refractivity contribution >= 4 is 17.8 Å². The highest BCUT2D eigenvalue weighted by Gasteiger charge is 2.67. The second kappa shape index (κ2) is 9.80. The Hall–Kier alpha value is -3.46. The van der Waals surface area contributed by atoms with Gasteiger partial charge in [-0.1, -0.05) is 0 Å². The summed E-state index contributed by atoms with van der Waals surface area (Å²) in [6.45, 7) is 2.19. The molecular formula is C25H27FN2O6. The van der Waals surface area contributed by atoms with Crippen molar-refractivity contribution in [3.8, 4) is 11.5 Å². The van der Waals surface area contributed by atoms with E-state index in [0.29, 0.717) is 30.1 Å². The average Bonchev–Trinajstić information content (AvgIpc) is 3.42. The Kier molecular flexibility index (Phi) is 6.83. The van der Waals surface area contributed by atoms with Crippen molar-refractivity contribution in [2.24, 2.45) is 5.41 Å². The third-order valence-electron chi connectivity index (χ3n) is 6.26. The standard InChI is InChI=1S/C25H27FN2O6/c1-3-33-24(31)20-12-25(15-32-2)13-21(25)28(20)22(29)14-27-23(30)16-4-8-18(9-5-16)34-19-10-6-17(26)7-11-19/h4-11,20-21H,3,12-15H2,1-2H3,(H,27,30)/t20-,21?,25?/m0/s1. The Labute approximate surface area is 197 Å². The van der Waals surface area contributed by atoms with E-state index in [4.69, 9.17) is 14.2 Å². The van der Waals surface area contributed by atoms with Crippen LogP contribution in [0.4, 0.5) is 4.39 Å². The summed E-state index contributed by atoms with van der Waals surface area (Å²) >= 11 is 0. The Morgan fingerprint density at radius 1 is 1.06 bits per heavy atom. The van der Waals surface area contributed by atoms with Crippen molar-refractivity contribution in [2.75, 3.05) is 26.9 Å². The fraction of sp³-hybridized carbons (Fsp3) is 0.400. The number of carbonyl (C=O) groups is 3. The molecule has 8 nitrogen and oxygen atoms in total. The number of amides is 2. The lowest BCUT2D eigenvalue weighted by Crippen LogP contribution is -2.48. The lowest BCUT2D eigenvalue weighted by molar-refractivity contribution is -0.153. The molecule has 1 saturated carbocycles. The quantitative estimate of drug-likeness (QED) is 0.567. The topological polar surface area (TPSA) is 94.2 Å². The molecule has 34 heavy (non-hydrogen) atoms. The highest BCUT2D eigenvalue weighted by atomic mass is 19.1. The van der Waals surface area contributed by atoms with E-state index >= 15 is 0 Å². The number of halogens is 1. The Bertz CT molecular complexity index is 1060. The molecule has 1 aliphatic heterocycles. The number of piperidine rings is 1. The summed E-state index contributed by atoms with van der Waals surface area (Å²) in [7, 11) is 1.60. The molecule has 2 aromatic carbocycles. The Morgan fingerprint density at radius 2 is 1.71 bits per heavy atom. The highest BCUT2D eigenvalue weighted by molar-refractivity contribution is 5.97. The molecule has 1 aliphatic carbocycles. The predicted molar refractivity (Wildman–Crippen MR) is 120 cm³/mol. The van der Waals surface area contributed by atoms with Crippen LogP contribution in [0.1, 0.15) is 30.1 Å². The molecule has 2 aromatic rings. The van der Waals surface area contributed by atoms with Crippen LogP contribution in [0.3, 0.4) is 0 Å². The van der Waals surface area contributed by atoms with Gasteiger partial charge in [0.2, 0.25) is 5.91 Å². The van der Waals surface area contributed by atoms with E-state index < -0.39 is 17.9 Å². The van der Waals surface area contributed by atoms with E-state index in [2.05, 4.69) is 5.32 Å². The largest absolute Gasteiger partial charge is 0.464 e. The number of rotatable bonds is 9. The smallest absolute Gasteiger partial charge is 0.328 e. The molecule has 2 amide bonds. The number of methoxy groups -OCH3 is 1. The second-order valence-electron chi connectivity index (χ2n) is 8.55. The van der Waals surface area contributed by atoms with Crippen LogP contribution in [0, 0.1) is 11.2 Å². The first-order chi connectivity index (χ1) is 16.4. The van der Waals surface area contributed by atoms with Gasteiger partial charge in [0.25, 0.3) is 5.91 Å². The van der Waals surface area contributed by atoms with Crippen molar-refractivity contribution in [3.05, 3.63) is 59.9 Å². The number of esters is 1. The van der Waals surface area contributed by atoms with Gasteiger partial charge in [-0.2, -0.15) is 0 Å². The van der Waals surface area contributed by atoms with Gasteiger partial charge in [-0.05, 0) is 68.3 Å². The molecule has 9 heteroatoms. The van der Waals surface area contributed by atoms with Gasteiger partial charge in [0.05, 0.1) is 19.8 Å². The maximum atomic E-state index is 13.0. The van der Waals surface area contributed by atoms with Crippen LogP contribution < -0.4 is 10.1 Å². The first kappa shape index (κ1) is 23.7. The zero-order valence-electron chi connectivity index (χ0n) is 19.1. The van der Waals surface area contributed by atoms with Crippen molar-refractivity contribution in [1.29, 1.82) is 0 Å². The number of nitrogens with zero attached hydrogens (tertiary/aromatic N) is 1. The zero-order chi connectivity index (χ0) is 24.3. The van der Waals surface area contributed by atoms with Crippen LogP contribution in [0.15, 0.2) is 48.5 Å². The summed E-state index contributed by atoms with van der Waals surface area (Å²) in [5, 5.41) is 2.63. The summed E-state index contributed by atoms with van der Waals surface area (Å²) in [5.41, 5.74) is 0.134. The van der Waals surface area contributed by atoms with Gasteiger partial charge in [-0.3, -0.25) is 9.59 Å². The van der Waals surface area contributed by atoms with Gasteiger partial charge in [0.15, 0.2) is 0 Å². The molecule has 0 bridgehead atoms. The summed E-state index contributed by atoms with van der Waals surface area (Å²) in [4.78, 5) is 39.5. The third-order valence-corrected chi connectivity index (χ3v) is 6.26. The van der Waals surface area contributed by atoms with Crippen LogP contribution in [-0.2, 0) is 19.1 Å². The molecule has 0 spiro atoms. The monoisotopic (exact) mass is 470 g/mol. The minimum atomic E-state index is -0.666. The predicted octanol–water partition coefficient (Wildman–Crippen LogP) is 2.92. The lowest BCUT2D eigenvalue weighted by Gasteiger charge is -2.26. The van der Waals surface area contributed by atoms with E-state index in [9.17, 15) is 18.8 Å². The summed E-state index contributed by atoms with van der Waals surface area (Å²) < 4.78 is 29.1. The van der Waals surface area contributed by atoms with Crippen LogP contribution in [-0.4, -0.2) is 61.6 Å². The average molecular weight is 470 g/mol. The molecule has 0 aromatic heterocycles. The number of likely N-dealkylation sites (tertiary alicyclic amines) is 1. The lowest BCUT2D eigenvalue weighted by atomic mass is 10.0. The van der Waals surface area contributed by atoms with Crippen molar-refractivity contribution in [2.45, 2.75) is 31.8 Å². The Balaban J connectivity index is 1.35. The molecule has 2 unspecified atom stereocenters. The van der Waals surface area contributed by atoms with Crippen LogP contribution in [0.2, 0.25) is 0 Å². The number of ether oxygens (including phenoxy) is 3. The SMILES string of the molecule is CCOC(=O)[C@@H]1CC2(COC)CC2N1C(=O)CNC(=O)c1ccc(Oc2ccc(F)cc2)cc1. The maximum Gasteiger partial charge on any atom is 0.328 e. The first-order valence-corrected chi connectivity index (χ1v) is 11.2. The number of carbonyl (C=O) groups excluding carboxylic acids is 3. The summed E-state index contributed by atoms with van der Waals surface area (Å²) in [6.07, 6.45) is 1.27. The normalized spacial score (nSPS) is 22.6. The van der Waals surface area contributed by atoms with Crippen LogP contribution in [0.5, 0.6) is 11.5 Å². The third kappa shape index (κ3) is 4.89. The van der Waals surface area contributed by atoms with Crippen LogP contribution in [0.25, 0.3) is 0 Å². The molecular weight excluding hydrogens is 443 g/mol. The summed E-state index contributed by atoms with van der Waals surface area (Å²) in [6, 6.07) is 11.2. The van der Waals surface area contributed by atoms with Crippen LogP contribution >= 0.6 is 0 Å². The number of nitrogens with one attached hydrogen (secondary N) is 1. The molecule has 1 N–H and O–H groups in total. The number of fused-ring (bicyclic) bond motifs is 1. The number of hydrogen-bond acceptors (Lipinski definition) is 6. The first-order valence-electron chi connectivity index (χ1n) is 11.2. The molecule has 4 rings (SSSR count). The number of hydrogen-bond donors (Lipinski definition) is 1. The van der Waals surface area contributed by atoms with Gasteiger partial charge < -0.3 is 24.4 Å². The molecule has 1 heterocycles. The van der Waals surface area contributed by atoms with Gasteiger partial charge in [-0.15, -0.1) is 0 Å². The van der Waals surface area contributed by atoms with Gasteiger partial charge in [0, 0.05) is 24.1 Å². The van der Waals surface area contributed by atoms with E-state index in [0.717, 1.165) is 6.42 Å². The van der Waals surface area contributed by atoms with E-state index in [1.165, 1.54) is 24.3 Å². The maximum absolute atomic E-state index is 13.0. The van der Waals surface area contributed by atoms with Gasteiger partial charge in [-0.25, -0.2) is 9.18 Å². The number of benzene rings is 2. The van der Waals surface area contributed by atoms with E-state index in [1.807, 2.05) is 0 Å². The molecule has 180 valence electrons. The minimum absolute atomic E-state index is 0.0887. The molecule has 2 aliphatic rings. The molecule has 3 atom stereocenters. The van der Waals surface area contributed by atoms with E-state index in [1.54, 1.807) is 43.2 Å². The van der Waals surface area contributed by atoms with Gasteiger partial charge >= 0.3 is 5.97 Å². The minimum Gasteiger partial charge on any atom is -0.464 e.